The molecule has 0 aromatic heterocycles. The Balaban J connectivity index is 2.46. The molecule has 14 heavy (non-hydrogen) atoms. The van der Waals surface area contributed by atoms with E-state index in [9.17, 15) is 0 Å². The van der Waals surface area contributed by atoms with Crippen molar-refractivity contribution in [3.8, 4) is 11.5 Å². The van der Waals surface area contributed by atoms with E-state index in [0.29, 0.717) is 0 Å². The lowest BCUT2D eigenvalue weighted by Crippen LogP contribution is -2.02. The Morgan fingerprint density at radius 1 is 1.21 bits per heavy atom. The highest BCUT2D eigenvalue weighted by atomic mass is 16.5. The first-order valence-corrected chi connectivity index (χ1v) is 4.41. The molecule has 0 fully saturated rings. The first-order valence-electron chi connectivity index (χ1n) is 4.41. The summed E-state index contributed by atoms with van der Waals surface area (Å²) in [5.41, 5.74) is 2.23. The van der Waals surface area contributed by atoms with Crippen molar-refractivity contribution < 1.29 is 9.47 Å². The third-order valence-corrected chi connectivity index (χ3v) is 2.23. The van der Waals surface area contributed by atoms with Crippen LogP contribution in [0.25, 0.3) is 0 Å². The highest BCUT2D eigenvalue weighted by Gasteiger charge is 2.11. The number of ether oxygens (including phenoxy) is 2. The van der Waals surface area contributed by atoms with Crippen molar-refractivity contribution in [2.75, 3.05) is 19.5 Å². The number of benzene rings is 1. The van der Waals surface area contributed by atoms with Crippen molar-refractivity contribution in [2.24, 2.45) is 0 Å². The Labute approximate surface area is 83.3 Å². The van der Waals surface area contributed by atoms with Crippen LogP contribution in [0.5, 0.6) is 11.5 Å². The Kier molecular flexibility index (Phi) is 2.31. The van der Waals surface area contributed by atoms with E-state index < -0.39 is 0 Å². The lowest BCUT2D eigenvalue weighted by Gasteiger charge is -2.16. The lowest BCUT2D eigenvalue weighted by molar-refractivity contribution is 0.355. The largest absolute Gasteiger partial charge is 0.493 e. The van der Waals surface area contributed by atoms with Crippen molar-refractivity contribution in [3.05, 3.63) is 30.0 Å². The molecular formula is C11H12NO2. The van der Waals surface area contributed by atoms with Gasteiger partial charge in [-0.05, 0) is 17.7 Å². The smallest absolute Gasteiger partial charge is 0.162 e. The highest BCUT2D eigenvalue weighted by Crippen LogP contribution is 2.34. The van der Waals surface area contributed by atoms with Crippen molar-refractivity contribution in [2.45, 2.75) is 6.42 Å². The average molecular weight is 190 g/mol. The van der Waals surface area contributed by atoms with Gasteiger partial charge >= 0.3 is 0 Å². The van der Waals surface area contributed by atoms with Gasteiger partial charge in [-0.1, -0.05) is 0 Å². The van der Waals surface area contributed by atoms with Gasteiger partial charge < -0.3 is 14.8 Å². The van der Waals surface area contributed by atoms with E-state index in [1.165, 1.54) is 5.56 Å². The maximum atomic E-state index is 5.21. The van der Waals surface area contributed by atoms with Crippen LogP contribution < -0.4 is 14.8 Å². The van der Waals surface area contributed by atoms with Crippen LogP contribution in [0.2, 0.25) is 0 Å². The molecule has 3 heteroatoms. The van der Waals surface area contributed by atoms with Crippen LogP contribution >= 0.6 is 0 Å². The molecular weight excluding hydrogens is 178 g/mol. The highest BCUT2D eigenvalue weighted by molar-refractivity contribution is 5.63. The first-order chi connectivity index (χ1) is 6.85. The third-order valence-electron chi connectivity index (χ3n) is 2.23. The standard InChI is InChI=1S/C11H12NO2/c1-13-10-6-8-4-3-5-12-9(8)7-11(10)14-2/h5-7,12H,4H2,1-2H3. The summed E-state index contributed by atoms with van der Waals surface area (Å²) in [7, 11) is 3.27. The van der Waals surface area contributed by atoms with Gasteiger partial charge in [0.15, 0.2) is 11.5 Å². The minimum Gasteiger partial charge on any atom is -0.493 e. The molecule has 0 atom stereocenters. The summed E-state index contributed by atoms with van der Waals surface area (Å²) < 4.78 is 10.4. The zero-order valence-electron chi connectivity index (χ0n) is 8.26. The van der Waals surface area contributed by atoms with Crippen molar-refractivity contribution >= 4 is 5.69 Å². The molecule has 1 radical (unpaired) electrons. The van der Waals surface area contributed by atoms with E-state index in [2.05, 4.69) is 11.4 Å². The fourth-order valence-corrected chi connectivity index (χ4v) is 1.49. The summed E-state index contributed by atoms with van der Waals surface area (Å²) >= 11 is 0. The zero-order valence-corrected chi connectivity index (χ0v) is 8.26. The summed E-state index contributed by atoms with van der Waals surface area (Å²) in [5.74, 6) is 1.51. The summed E-state index contributed by atoms with van der Waals surface area (Å²) in [6.45, 7) is 0. The van der Waals surface area contributed by atoms with Gasteiger partial charge in [-0.2, -0.15) is 0 Å². The number of allylic oxidation sites excluding steroid dienone is 1. The van der Waals surface area contributed by atoms with Gasteiger partial charge in [-0.25, -0.2) is 0 Å². The van der Waals surface area contributed by atoms with Crippen LogP contribution in [0.3, 0.4) is 0 Å². The second-order valence-electron chi connectivity index (χ2n) is 3.03. The molecule has 0 bridgehead atoms. The Bertz CT molecular complexity index is 337. The van der Waals surface area contributed by atoms with Crippen molar-refractivity contribution in [1.82, 2.24) is 0 Å². The molecule has 1 heterocycles. The van der Waals surface area contributed by atoms with Gasteiger partial charge in [0.25, 0.3) is 0 Å². The van der Waals surface area contributed by atoms with Gasteiger partial charge in [-0.15, -0.1) is 0 Å². The topological polar surface area (TPSA) is 30.5 Å². The number of anilines is 1. The molecule has 1 N–H and O–H groups in total. The number of rotatable bonds is 2. The number of hydrogen-bond donors (Lipinski definition) is 1. The fraction of sp³-hybridized carbons (Fsp3) is 0.273. The Morgan fingerprint density at radius 2 is 1.93 bits per heavy atom. The monoisotopic (exact) mass is 190 g/mol. The van der Waals surface area contributed by atoms with Crippen LogP contribution in [-0.2, 0) is 6.42 Å². The second kappa shape index (κ2) is 3.62. The number of fused-ring (bicyclic) bond motifs is 1. The summed E-state index contributed by atoms with van der Waals surface area (Å²) in [4.78, 5) is 0. The van der Waals surface area contributed by atoms with Gasteiger partial charge in [0.2, 0.25) is 0 Å². The number of nitrogens with one attached hydrogen (secondary N) is 1. The Morgan fingerprint density at radius 3 is 2.64 bits per heavy atom. The maximum Gasteiger partial charge on any atom is 0.162 e. The van der Waals surface area contributed by atoms with E-state index in [1.807, 2.05) is 18.3 Å². The van der Waals surface area contributed by atoms with Gasteiger partial charge in [0.1, 0.15) is 0 Å². The summed E-state index contributed by atoms with van der Waals surface area (Å²) in [6, 6.07) is 3.91. The van der Waals surface area contributed by atoms with Crippen LogP contribution in [0, 0.1) is 6.08 Å². The average Bonchev–Trinajstić information content (AvgIpc) is 2.27. The van der Waals surface area contributed by atoms with Crippen molar-refractivity contribution in [1.29, 1.82) is 0 Å². The predicted molar refractivity (Wildman–Crippen MR) is 54.7 cm³/mol. The second-order valence-corrected chi connectivity index (χ2v) is 3.03. The SMILES string of the molecule is COc1cc2c(cc1OC)NC=[C]C2. The first kappa shape index (κ1) is 8.94. The van der Waals surface area contributed by atoms with Gasteiger partial charge in [0.05, 0.1) is 14.2 Å². The predicted octanol–water partition coefficient (Wildman–Crippen LogP) is 1.99. The molecule has 1 aliphatic rings. The molecule has 1 aromatic carbocycles. The van der Waals surface area contributed by atoms with E-state index in [4.69, 9.17) is 9.47 Å². The minimum atomic E-state index is 0.744. The normalized spacial score (nSPS) is 13.0. The zero-order chi connectivity index (χ0) is 9.97. The van der Waals surface area contributed by atoms with Crippen LogP contribution in [0.15, 0.2) is 18.3 Å². The van der Waals surface area contributed by atoms with E-state index in [-0.39, 0.29) is 0 Å². The fourth-order valence-electron chi connectivity index (χ4n) is 1.49. The number of methoxy groups -OCH3 is 2. The Hall–Kier alpha value is -1.64. The molecule has 73 valence electrons. The third kappa shape index (κ3) is 1.41. The molecule has 2 rings (SSSR count). The molecule has 0 spiro atoms. The van der Waals surface area contributed by atoms with Crippen LogP contribution in [-0.4, -0.2) is 14.2 Å². The summed E-state index contributed by atoms with van der Waals surface area (Å²) in [5, 5.41) is 3.12. The van der Waals surface area contributed by atoms with Crippen molar-refractivity contribution in [3.63, 3.8) is 0 Å². The maximum absolute atomic E-state index is 5.21. The molecule has 3 nitrogen and oxygen atoms in total. The van der Waals surface area contributed by atoms with Crippen LogP contribution in [0.4, 0.5) is 5.69 Å². The quantitative estimate of drug-likeness (QED) is 0.773. The molecule has 1 aromatic rings. The van der Waals surface area contributed by atoms with Gasteiger partial charge in [-0.3, -0.25) is 0 Å². The molecule has 0 unspecified atom stereocenters. The molecule has 1 aliphatic heterocycles. The molecule has 0 saturated carbocycles. The van der Waals surface area contributed by atoms with E-state index in [1.54, 1.807) is 14.2 Å². The molecule has 0 saturated heterocycles. The number of hydrogen-bond acceptors (Lipinski definition) is 3. The lowest BCUT2D eigenvalue weighted by atomic mass is 10.1. The molecule has 0 amide bonds. The summed E-state index contributed by atoms with van der Waals surface area (Å²) in [6.07, 6.45) is 5.72. The molecule has 0 aliphatic carbocycles. The van der Waals surface area contributed by atoms with Crippen LogP contribution in [0.1, 0.15) is 5.56 Å². The van der Waals surface area contributed by atoms with E-state index in [0.717, 1.165) is 23.6 Å². The van der Waals surface area contributed by atoms with E-state index >= 15 is 0 Å². The minimum absolute atomic E-state index is 0.744. The van der Waals surface area contributed by atoms with Gasteiger partial charge in [0, 0.05) is 24.4 Å².